The summed E-state index contributed by atoms with van der Waals surface area (Å²) in [5.41, 5.74) is 2.96. The van der Waals surface area contributed by atoms with Crippen LogP contribution in [0.2, 0.25) is 10.0 Å². The van der Waals surface area contributed by atoms with Crippen LogP contribution in [0.5, 0.6) is 0 Å². The fraction of sp³-hybridized carbons (Fsp3) is 0.0769. The fourth-order valence-electron chi connectivity index (χ4n) is 5.07. The molecule has 0 bridgehead atoms. The second-order valence-electron chi connectivity index (χ2n) is 11.1. The van der Waals surface area contributed by atoms with Gasteiger partial charge in [0.25, 0.3) is 11.8 Å². The van der Waals surface area contributed by atoms with Crippen molar-refractivity contribution in [1.82, 2.24) is 10.3 Å². The number of nitrogens with one attached hydrogen (secondary N) is 3. The van der Waals surface area contributed by atoms with Crippen molar-refractivity contribution in [2.45, 2.75) is 23.5 Å². The zero-order valence-corrected chi connectivity index (χ0v) is 29.8. The van der Waals surface area contributed by atoms with Crippen molar-refractivity contribution in [1.29, 1.82) is 0 Å². The summed E-state index contributed by atoms with van der Waals surface area (Å²) in [5, 5.41) is 13.5. The molecule has 6 rings (SSSR count). The highest BCUT2D eigenvalue weighted by Gasteiger charge is 2.21. The van der Waals surface area contributed by atoms with E-state index in [9.17, 15) is 14.4 Å². The van der Waals surface area contributed by atoms with Crippen LogP contribution in [-0.2, 0) is 9.59 Å². The number of hydrogen-bond donors (Lipinski definition) is 3. The lowest BCUT2D eigenvalue weighted by atomic mass is 10.1. The second kappa shape index (κ2) is 16.2. The summed E-state index contributed by atoms with van der Waals surface area (Å²) >= 11 is 15.5. The third-order valence-electron chi connectivity index (χ3n) is 7.63. The average molecular weight is 738 g/mol. The molecule has 0 fully saturated rings. The maximum absolute atomic E-state index is 13.6. The lowest BCUT2D eigenvalue weighted by Crippen LogP contribution is -2.30. The van der Waals surface area contributed by atoms with Crippen molar-refractivity contribution in [3.8, 4) is 11.3 Å². The molecule has 11 heteroatoms. The summed E-state index contributed by atoms with van der Waals surface area (Å²) in [6.07, 6.45) is 2.01. The van der Waals surface area contributed by atoms with Gasteiger partial charge in [0.15, 0.2) is 5.13 Å². The van der Waals surface area contributed by atoms with Crippen LogP contribution in [0.25, 0.3) is 28.1 Å². The first-order valence-electron chi connectivity index (χ1n) is 15.6. The van der Waals surface area contributed by atoms with Crippen LogP contribution in [0.4, 0.5) is 10.8 Å². The van der Waals surface area contributed by atoms with Gasteiger partial charge in [0.2, 0.25) is 5.91 Å². The Balaban J connectivity index is 1.15. The highest BCUT2D eigenvalue weighted by molar-refractivity contribution is 8.00. The molecule has 0 aliphatic heterocycles. The minimum Gasteiger partial charge on any atom is -0.321 e. The Morgan fingerprint density at radius 2 is 1.54 bits per heavy atom. The summed E-state index contributed by atoms with van der Waals surface area (Å²) < 4.78 is 0. The lowest BCUT2D eigenvalue weighted by Gasteiger charge is -2.15. The van der Waals surface area contributed by atoms with Crippen LogP contribution < -0.4 is 16.0 Å². The van der Waals surface area contributed by atoms with E-state index in [0.29, 0.717) is 38.4 Å². The lowest BCUT2D eigenvalue weighted by molar-refractivity contribution is -0.116. The van der Waals surface area contributed by atoms with Crippen molar-refractivity contribution < 1.29 is 14.4 Å². The summed E-state index contributed by atoms with van der Waals surface area (Å²) in [6.45, 7) is 1.94. The molecule has 3 N–H and O–H groups in total. The van der Waals surface area contributed by atoms with Crippen molar-refractivity contribution >= 4 is 91.7 Å². The first-order valence-corrected chi connectivity index (χ1v) is 18.1. The topological polar surface area (TPSA) is 100 Å². The Morgan fingerprint density at radius 1 is 0.820 bits per heavy atom. The van der Waals surface area contributed by atoms with Gasteiger partial charge in [-0.15, -0.1) is 23.1 Å². The number of halogens is 2. The molecule has 0 aliphatic rings. The molecule has 1 atom stereocenters. The number of hydrogen-bond acceptors (Lipinski definition) is 6. The zero-order chi connectivity index (χ0) is 35.0. The molecule has 3 amide bonds. The summed E-state index contributed by atoms with van der Waals surface area (Å²) in [4.78, 5) is 45.5. The number of thioether (sulfide) groups is 1. The van der Waals surface area contributed by atoms with Gasteiger partial charge in [0.05, 0.1) is 10.9 Å². The third-order valence-corrected chi connectivity index (χ3v) is 10.4. The van der Waals surface area contributed by atoms with Crippen LogP contribution in [0.1, 0.15) is 29.3 Å². The van der Waals surface area contributed by atoms with Crippen LogP contribution in [0, 0.1) is 0 Å². The average Bonchev–Trinajstić information content (AvgIpc) is 3.60. The quantitative estimate of drug-likeness (QED) is 0.0908. The largest absolute Gasteiger partial charge is 0.321 e. The molecular weight excluding hydrogens is 707 g/mol. The van der Waals surface area contributed by atoms with Gasteiger partial charge in [-0.1, -0.05) is 96.9 Å². The molecular formula is C39H30Cl2N4O3S2. The zero-order valence-electron chi connectivity index (χ0n) is 26.7. The molecule has 1 unspecified atom stereocenters. The predicted molar refractivity (Wildman–Crippen MR) is 207 cm³/mol. The molecule has 0 aliphatic carbocycles. The Morgan fingerprint density at radius 3 is 2.30 bits per heavy atom. The van der Waals surface area contributed by atoms with E-state index in [0.717, 1.165) is 26.9 Å². The van der Waals surface area contributed by atoms with E-state index in [1.54, 1.807) is 66.7 Å². The number of benzene rings is 5. The van der Waals surface area contributed by atoms with Gasteiger partial charge in [-0.25, -0.2) is 4.98 Å². The summed E-state index contributed by atoms with van der Waals surface area (Å²) in [6, 6.07) is 35.0. The molecule has 0 saturated heterocycles. The number of aromatic nitrogens is 1. The van der Waals surface area contributed by atoms with Crippen molar-refractivity contribution in [2.75, 3.05) is 10.6 Å². The van der Waals surface area contributed by atoms with Crippen molar-refractivity contribution in [2.24, 2.45) is 0 Å². The number of amides is 3. The van der Waals surface area contributed by atoms with Gasteiger partial charge in [-0.3, -0.25) is 14.4 Å². The normalized spacial score (nSPS) is 11.9. The maximum atomic E-state index is 13.6. The van der Waals surface area contributed by atoms with E-state index >= 15 is 0 Å². The Kier molecular flexibility index (Phi) is 11.3. The fourth-order valence-corrected chi connectivity index (χ4v) is 7.31. The van der Waals surface area contributed by atoms with Crippen LogP contribution in [-0.4, -0.2) is 28.0 Å². The van der Waals surface area contributed by atoms with E-state index < -0.39 is 17.1 Å². The van der Waals surface area contributed by atoms with E-state index in [1.807, 2.05) is 36.6 Å². The van der Waals surface area contributed by atoms with Gasteiger partial charge in [0, 0.05) is 42.7 Å². The number of fused-ring (bicyclic) bond motifs is 1. The second-order valence-corrected chi connectivity index (χ2v) is 14.0. The van der Waals surface area contributed by atoms with Crippen molar-refractivity contribution in [3.63, 3.8) is 0 Å². The molecule has 0 saturated carbocycles. The van der Waals surface area contributed by atoms with Crippen LogP contribution in [0.15, 0.2) is 131 Å². The molecule has 0 radical (unpaired) electrons. The first-order chi connectivity index (χ1) is 24.3. The smallest absolute Gasteiger partial charge is 0.272 e. The third kappa shape index (κ3) is 8.61. The van der Waals surface area contributed by atoms with Gasteiger partial charge < -0.3 is 16.0 Å². The number of carbonyl (C=O) groups is 3. The highest BCUT2D eigenvalue weighted by atomic mass is 35.5. The molecule has 250 valence electrons. The molecule has 0 spiro atoms. The van der Waals surface area contributed by atoms with Gasteiger partial charge in [-0.05, 0) is 71.8 Å². The molecule has 50 heavy (non-hydrogen) atoms. The minimum atomic E-state index is -0.580. The van der Waals surface area contributed by atoms with E-state index in [4.69, 9.17) is 23.2 Å². The first kappa shape index (κ1) is 34.9. The molecule has 5 aromatic carbocycles. The number of anilines is 2. The number of rotatable bonds is 11. The number of thiazole rings is 1. The maximum Gasteiger partial charge on any atom is 0.272 e. The molecule has 6 aromatic rings. The van der Waals surface area contributed by atoms with Gasteiger partial charge >= 0.3 is 0 Å². The van der Waals surface area contributed by atoms with Gasteiger partial charge in [-0.2, -0.15) is 0 Å². The number of nitrogens with zero attached hydrogens (tertiary/aromatic N) is 1. The standard InChI is InChI=1S/C39H30Cl2N4O3S2/c1-2-35(38(48)45-39-44-34(23-49-39)27-19-18-24-10-6-7-13-26(24)20-27)50-29-15-8-14-28(21-29)42-37(47)33(22-30-31(40)16-9-17-32(30)41)43-36(46)25-11-4-3-5-12-25/h3-23,35H,2H2,1H3,(H,42,47)(H,43,46)(H,44,45,48)/b33-22+. The Hall–Kier alpha value is -4.93. The molecule has 1 heterocycles. The monoisotopic (exact) mass is 736 g/mol. The Labute approximate surface area is 307 Å². The van der Waals surface area contributed by atoms with Crippen LogP contribution in [0.3, 0.4) is 0 Å². The van der Waals surface area contributed by atoms with Crippen LogP contribution >= 0.6 is 46.3 Å². The highest BCUT2D eigenvalue weighted by Crippen LogP contribution is 2.32. The summed E-state index contributed by atoms with van der Waals surface area (Å²) in [5.74, 6) is -1.22. The predicted octanol–water partition coefficient (Wildman–Crippen LogP) is 10.2. The summed E-state index contributed by atoms with van der Waals surface area (Å²) in [7, 11) is 0. The van der Waals surface area contributed by atoms with Gasteiger partial charge in [0.1, 0.15) is 5.70 Å². The molecule has 1 aromatic heterocycles. The van der Waals surface area contributed by atoms with E-state index in [2.05, 4.69) is 45.2 Å². The SMILES string of the molecule is CCC(Sc1cccc(NC(=O)/C(=C\c2c(Cl)cccc2Cl)NC(=O)c2ccccc2)c1)C(=O)Nc1nc(-c2ccc3ccccc3c2)cs1. The Bertz CT molecular complexity index is 2200. The van der Waals surface area contributed by atoms with E-state index in [1.165, 1.54) is 29.2 Å². The van der Waals surface area contributed by atoms with Crippen molar-refractivity contribution in [3.05, 3.63) is 148 Å². The number of carbonyl (C=O) groups excluding carboxylic acids is 3. The minimum absolute atomic E-state index is 0.0516. The molecule has 7 nitrogen and oxygen atoms in total. The van der Waals surface area contributed by atoms with E-state index in [-0.39, 0.29) is 11.6 Å².